The molecule has 1 aromatic rings. The van der Waals surface area contributed by atoms with Gasteiger partial charge in [0.05, 0.1) is 15.5 Å². The van der Waals surface area contributed by atoms with Crippen molar-refractivity contribution >= 4 is 29.3 Å². The van der Waals surface area contributed by atoms with Crippen LogP contribution in [0.2, 0.25) is 5.02 Å². The maximum absolute atomic E-state index is 12.0. The highest BCUT2D eigenvalue weighted by Gasteiger charge is 2.16. The Morgan fingerprint density at radius 2 is 1.80 bits per heavy atom. The van der Waals surface area contributed by atoms with Crippen LogP contribution in [0.5, 0.6) is 0 Å². The predicted molar refractivity (Wildman–Crippen MR) is 93.9 cm³/mol. The summed E-state index contributed by atoms with van der Waals surface area (Å²) < 4.78 is 5.09. The van der Waals surface area contributed by atoms with Crippen molar-refractivity contribution in [1.29, 1.82) is 0 Å². The summed E-state index contributed by atoms with van der Waals surface area (Å²) in [7, 11) is 0. The maximum Gasteiger partial charge on any atom is 0.407 e. The van der Waals surface area contributed by atoms with Crippen LogP contribution in [0.25, 0.3) is 0 Å². The van der Waals surface area contributed by atoms with Gasteiger partial charge >= 0.3 is 6.09 Å². The van der Waals surface area contributed by atoms with E-state index >= 15 is 0 Å². The van der Waals surface area contributed by atoms with E-state index in [-0.39, 0.29) is 16.3 Å². The van der Waals surface area contributed by atoms with Gasteiger partial charge < -0.3 is 15.4 Å². The van der Waals surface area contributed by atoms with Gasteiger partial charge in [0.1, 0.15) is 5.60 Å². The van der Waals surface area contributed by atoms with Crippen molar-refractivity contribution < 1.29 is 19.2 Å². The summed E-state index contributed by atoms with van der Waals surface area (Å²) in [6, 6.07) is 3.70. The molecule has 1 aromatic carbocycles. The van der Waals surface area contributed by atoms with Gasteiger partial charge in [-0.25, -0.2) is 4.79 Å². The third kappa shape index (κ3) is 7.84. The van der Waals surface area contributed by atoms with E-state index in [0.29, 0.717) is 25.9 Å². The molecule has 0 spiro atoms. The van der Waals surface area contributed by atoms with Crippen LogP contribution in [0.1, 0.15) is 44.0 Å². The van der Waals surface area contributed by atoms with Crippen LogP contribution in [-0.2, 0) is 4.74 Å². The van der Waals surface area contributed by atoms with Crippen molar-refractivity contribution in [1.82, 2.24) is 10.6 Å². The fourth-order valence-corrected chi connectivity index (χ4v) is 2.06. The largest absolute Gasteiger partial charge is 0.444 e. The van der Waals surface area contributed by atoms with Crippen LogP contribution in [0.15, 0.2) is 18.2 Å². The molecule has 138 valence electrons. The molecule has 9 heteroatoms. The number of rotatable bonds is 7. The summed E-state index contributed by atoms with van der Waals surface area (Å²) in [5.74, 6) is -0.478. The van der Waals surface area contributed by atoms with Crippen molar-refractivity contribution in [2.45, 2.75) is 39.2 Å². The molecule has 0 fully saturated rings. The summed E-state index contributed by atoms with van der Waals surface area (Å²) in [6.45, 7) is 6.11. The number of carbonyl (C=O) groups excluding carboxylic acids is 2. The molecule has 25 heavy (non-hydrogen) atoms. The molecule has 2 amide bonds. The number of ether oxygens (including phenoxy) is 1. The van der Waals surface area contributed by atoms with Gasteiger partial charge in [-0.2, -0.15) is 0 Å². The van der Waals surface area contributed by atoms with E-state index < -0.39 is 22.5 Å². The monoisotopic (exact) mass is 371 g/mol. The number of alkyl carbamates (subject to hydrolysis) is 1. The minimum atomic E-state index is -0.588. The van der Waals surface area contributed by atoms with Gasteiger partial charge in [0.2, 0.25) is 0 Å². The molecule has 0 aromatic heterocycles. The Morgan fingerprint density at radius 3 is 2.36 bits per heavy atom. The van der Waals surface area contributed by atoms with Gasteiger partial charge in [-0.15, -0.1) is 0 Å². The van der Waals surface area contributed by atoms with Crippen molar-refractivity contribution in [2.75, 3.05) is 13.1 Å². The number of non-ortho nitro benzene ring substituents is 1. The van der Waals surface area contributed by atoms with Crippen LogP contribution in [0, 0.1) is 10.1 Å². The fourth-order valence-electron chi connectivity index (χ4n) is 1.85. The molecule has 0 saturated carbocycles. The van der Waals surface area contributed by atoms with Crippen LogP contribution in [-0.4, -0.2) is 35.6 Å². The minimum Gasteiger partial charge on any atom is -0.444 e. The summed E-state index contributed by atoms with van der Waals surface area (Å²) in [5.41, 5.74) is -0.686. The number of benzene rings is 1. The lowest BCUT2D eigenvalue weighted by molar-refractivity contribution is -0.384. The standard InChI is InChI=1S/C16H22ClN3O5/c1-16(2,3)25-15(22)19-9-5-4-8-18-14(21)12-10-11(20(23)24)6-7-13(12)17/h6-7,10H,4-5,8-9H2,1-3H3,(H,18,21)(H,19,22). The van der Waals surface area contributed by atoms with Crippen LogP contribution in [0.3, 0.4) is 0 Å². The molecular formula is C16H22ClN3O5. The predicted octanol–water partition coefficient (Wildman–Crippen LogP) is 3.28. The summed E-state index contributed by atoms with van der Waals surface area (Å²) >= 11 is 5.90. The van der Waals surface area contributed by atoms with Crippen LogP contribution < -0.4 is 10.6 Å². The third-order valence-corrected chi connectivity index (χ3v) is 3.29. The Labute approximate surface area is 151 Å². The maximum atomic E-state index is 12.0. The first kappa shape index (κ1) is 20.7. The van der Waals surface area contributed by atoms with Crippen LogP contribution >= 0.6 is 11.6 Å². The van der Waals surface area contributed by atoms with Gasteiger partial charge in [0.15, 0.2) is 0 Å². The number of carbonyl (C=O) groups is 2. The zero-order chi connectivity index (χ0) is 19.0. The number of nitrogens with zero attached hydrogens (tertiary/aromatic N) is 1. The second-order valence-corrected chi connectivity index (χ2v) is 6.72. The molecule has 0 aliphatic rings. The Balaban J connectivity index is 2.33. The van der Waals surface area contributed by atoms with Gasteiger partial charge in [-0.1, -0.05) is 11.6 Å². The number of nitro groups is 1. The van der Waals surface area contributed by atoms with Crippen molar-refractivity contribution in [3.63, 3.8) is 0 Å². The molecule has 0 bridgehead atoms. The third-order valence-electron chi connectivity index (χ3n) is 2.96. The molecule has 0 atom stereocenters. The fraction of sp³-hybridized carbons (Fsp3) is 0.500. The van der Waals surface area contributed by atoms with Crippen molar-refractivity contribution in [3.05, 3.63) is 38.9 Å². The topological polar surface area (TPSA) is 111 Å². The van der Waals surface area contributed by atoms with E-state index in [4.69, 9.17) is 16.3 Å². The van der Waals surface area contributed by atoms with Gasteiger partial charge in [0.25, 0.3) is 11.6 Å². The van der Waals surface area contributed by atoms with Crippen LogP contribution in [0.4, 0.5) is 10.5 Å². The molecular weight excluding hydrogens is 350 g/mol. The van der Waals surface area contributed by atoms with E-state index in [1.165, 1.54) is 12.1 Å². The molecule has 0 unspecified atom stereocenters. The molecule has 0 aliphatic carbocycles. The average molecular weight is 372 g/mol. The van der Waals surface area contributed by atoms with Crippen molar-refractivity contribution in [3.8, 4) is 0 Å². The summed E-state index contributed by atoms with van der Waals surface area (Å²) in [5, 5.41) is 16.2. The first-order chi connectivity index (χ1) is 11.6. The molecule has 0 saturated heterocycles. The molecule has 1 rings (SSSR count). The van der Waals surface area contributed by atoms with E-state index in [1.54, 1.807) is 20.8 Å². The Morgan fingerprint density at radius 1 is 1.20 bits per heavy atom. The number of unbranched alkanes of at least 4 members (excludes halogenated alkanes) is 1. The van der Waals surface area contributed by atoms with E-state index in [2.05, 4.69) is 10.6 Å². The highest BCUT2D eigenvalue weighted by Crippen LogP contribution is 2.21. The zero-order valence-electron chi connectivity index (χ0n) is 14.4. The Kier molecular flexibility index (Phi) is 7.63. The van der Waals surface area contributed by atoms with E-state index in [0.717, 1.165) is 6.07 Å². The lowest BCUT2D eigenvalue weighted by Crippen LogP contribution is -2.33. The van der Waals surface area contributed by atoms with Crippen molar-refractivity contribution in [2.24, 2.45) is 0 Å². The first-order valence-electron chi connectivity index (χ1n) is 7.79. The van der Waals surface area contributed by atoms with E-state index in [9.17, 15) is 19.7 Å². The number of amides is 2. The van der Waals surface area contributed by atoms with Gasteiger partial charge in [-0.05, 0) is 39.7 Å². The number of nitro benzene ring substituents is 1. The first-order valence-corrected chi connectivity index (χ1v) is 8.17. The summed E-state index contributed by atoms with van der Waals surface area (Å²) in [4.78, 5) is 33.6. The number of halogens is 1. The molecule has 0 heterocycles. The number of hydrogen-bond acceptors (Lipinski definition) is 5. The smallest absolute Gasteiger partial charge is 0.407 e. The zero-order valence-corrected chi connectivity index (χ0v) is 15.2. The second-order valence-electron chi connectivity index (χ2n) is 6.31. The lowest BCUT2D eigenvalue weighted by Gasteiger charge is -2.19. The summed E-state index contributed by atoms with van der Waals surface area (Å²) in [6.07, 6.45) is 0.774. The SMILES string of the molecule is CC(C)(C)OC(=O)NCCCCNC(=O)c1cc([N+](=O)[O-])ccc1Cl. The molecule has 8 nitrogen and oxygen atoms in total. The molecule has 0 aliphatic heterocycles. The highest BCUT2D eigenvalue weighted by atomic mass is 35.5. The Hall–Kier alpha value is -2.35. The number of hydrogen-bond donors (Lipinski definition) is 2. The second kappa shape index (κ2) is 9.22. The normalized spacial score (nSPS) is 10.9. The Bertz CT molecular complexity index is 643. The highest BCUT2D eigenvalue weighted by molar-refractivity contribution is 6.33. The minimum absolute atomic E-state index is 0.0581. The van der Waals surface area contributed by atoms with Gasteiger partial charge in [-0.3, -0.25) is 14.9 Å². The lowest BCUT2D eigenvalue weighted by atomic mass is 10.2. The van der Waals surface area contributed by atoms with E-state index in [1.807, 2.05) is 0 Å². The molecule has 0 radical (unpaired) electrons. The quantitative estimate of drug-likeness (QED) is 0.434. The van der Waals surface area contributed by atoms with Gasteiger partial charge in [0, 0.05) is 25.2 Å². The molecule has 2 N–H and O–H groups in total. The average Bonchev–Trinajstić information content (AvgIpc) is 2.48. The number of nitrogens with one attached hydrogen (secondary N) is 2.